The molecule has 0 aliphatic rings. The molecule has 0 fully saturated rings. The molecule has 20 heavy (non-hydrogen) atoms. The highest BCUT2D eigenvalue weighted by Gasteiger charge is 2.14. The van der Waals surface area contributed by atoms with E-state index in [1.54, 1.807) is 25.1 Å². The van der Waals surface area contributed by atoms with Crippen molar-refractivity contribution in [3.8, 4) is 5.75 Å². The van der Waals surface area contributed by atoms with Gasteiger partial charge in [-0.25, -0.2) is 0 Å². The molecule has 0 saturated heterocycles. The van der Waals surface area contributed by atoms with Crippen molar-refractivity contribution in [3.05, 3.63) is 18.2 Å². The molecular formula is C13H20ClN3O3. The Morgan fingerprint density at radius 2 is 1.95 bits per heavy atom. The van der Waals surface area contributed by atoms with Crippen LogP contribution in [0.25, 0.3) is 0 Å². The first kappa shape index (κ1) is 18.2. The number of carbonyl (C=O) groups is 2. The second-order valence-electron chi connectivity index (χ2n) is 4.22. The molecule has 0 aromatic heterocycles. The van der Waals surface area contributed by atoms with Gasteiger partial charge < -0.3 is 21.1 Å². The Labute approximate surface area is 124 Å². The maximum Gasteiger partial charge on any atom is 0.228 e. The van der Waals surface area contributed by atoms with E-state index in [9.17, 15) is 9.59 Å². The molecule has 1 rings (SSSR count). The first-order chi connectivity index (χ1) is 8.97. The number of amides is 2. The lowest BCUT2D eigenvalue weighted by Gasteiger charge is -2.15. The van der Waals surface area contributed by atoms with Crippen LogP contribution in [0, 0.1) is 5.92 Å². The molecule has 2 amide bonds. The van der Waals surface area contributed by atoms with Crippen molar-refractivity contribution in [2.45, 2.75) is 13.8 Å². The molecule has 1 atom stereocenters. The zero-order valence-electron chi connectivity index (χ0n) is 11.7. The summed E-state index contributed by atoms with van der Waals surface area (Å²) in [6, 6.07) is 5.02. The number of hydrogen-bond donors (Lipinski definition) is 3. The summed E-state index contributed by atoms with van der Waals surface area (Å²) in [5.74, 6) is -0.143. The fraction of sp³-hybridized carbons (Fsp3) is 0.385. The maximum absolute atomic E-state index is 11.8. The molecule has 0 aliphatic heterocycles. The van der Waals surface area contributed by atoms with Gasteiger partial charge in [-0.15, -0.1) is 12.4 Å². The van der Waals surface area contributed by atoms with Gasteiger partial charge in [-0.05, 0) is 12.1 Å². The number of ether oxygens (including phenoxy) is 1. The zero-order valence-corrected chi connectivity index (χ0v) is 12.5. The smallest absolute Gasteiger partial charge is 0.228 e. The standard InChI is InChI=1S/C13H19N3O3.ClH/c1-8(7-14)13(18)16-12-6-10(19-3)4-5-11(12)15-9(2)17;/h4-6,8H,7,14H2,1-3H3,(H,15,17)(H,16,18);1H. The molecule has 6 nitrogen and oxygen atoms in total. The van der Waals surface area contributed by atoms with Crippen molar-refractivity contribution in [3.63, 3.8) is 0 Å². The molecule has 7 heteroatoms. The van der Waals surface area contributed by atoms with Crippen LogP contribution in [0.3, 0.4) is 0 Å². The van der Waals surface area contributed by atoms with E-state index in [2.05, 4.69) is 10.6 Å². The lowest BCUT2D eigenvalue weighted by Crippen LogP contribution is -2.27. The molecule has 1 aromatic rings. The average Bonchev–Trinajstić information content (AvgIpc) is 2.39. The molecule has 0 heterocycles. The highest BCUT2D eigenvalue weighted by molar-refractivity contribution is 5.99. The summed E-state index contributed by atoms with van der Waals surface area (Å²) >= 11 is 0. The molecular weight excluding hydrogens is 282 g/mol. The molecule has 1 aromatic carbocycles. The van der Waals surface area contributed by atoms with Crippen LogP contribution in [0.5, 0.6) is 5.75 Å². The van der Waals surface area contributed by atoms with Crippen LogP contribution in [0.1, 0.15) is 13.8 Å². The molecule has 112 valence electrons. The molecule has 0 saturated carbocycles. The molecule has 0 radical (unpaired) electrons. The van der Waals surface area contributed by atoms with Crippen LogP contribution in [0.15, 0.2) is 18.2 Å². The number of rotatable bonds is 5. The fourth-order valence-corrected chi connectivity index (χ4v) is 1.42. The van der Waals surface area contributed by atoms with Gasteiger partial charge in [0.05, 0.1) is 18.5 Å². The van der Waals surface area contributed by atoms with Crippen LogP contribution in [0.4, 0.5) is 11.4 Å². The Bertz CT molecular complexity index is 480. The van der Waals surface area contributed by atoms with E-state index in [1.807, 2.05) is 0 Å². The summed E-state index contributed by atoms with van der Waals surface area (Å²) in [4.78, 5) is 23.0. The second-order valence-corrected chi connectivity index (χ2v) is 4.22. The van der Waals surface area contributed by atoms with Crippen molar-refractivity contribution in [1.29, 1.82) is 0 Å². The normalized spacial score (nSPS) is 11.0. The highest BCUT2D eigenvalue weighted by atomic mass is 35.5. The number of benzene rings is 1. The monoisotopic (exact) mass is 301 g/mol. The Kier molecular flexibility index (Phi) is 7.64. The van der Waals surface area contributed by atoms with Gasteiger partial charge in [0.15, 0.2) is 0 Å². The summed E-state index contributed by atoms with van der Waals surface area (Å²) < 4.78 is 5.09. The lowest BCUT2D eigenvalue weighted by atomic mass is 10.1. The van der Waals surface area contributed by atoms with Gasteiger partial charge in [0.1, 0.15) is 5.75 Å². The van der Waals surface area contributed by atoms with E-state index in [-0.39, 0.29) is 36.7 Å². The van der Waals surface area contributed by atoms with Gasteiger partial charge >= 0.3 is 0 Å². The van der Waals surface area contributed by atoms with Gasteiger partial charge in [-0.3, -0.25) is 9.59 Å². The Morgan fingerprint density at radius 1 is 1.30 bits per heavy atom. The van der Waals surface area contributed by atoms with E-state index >= 15 is 0 Å². The molecule has 1 unspecified atom stereocenters. The minimum absolute atomic E-state index is 0. The Morgan fingerprint density at radius 3 is 2.45 bits per heavy atom. The van der Waals surface area contributed by atoms with E-state index in [4.69, 9.17) is 10.5 Å². The predicted octanol–water partition coefficient (Wildman–Crippen LogP) is 1.61. The first-order valence-corrected chi connectivity index (χ1v) is 5.94. The minimum Gasteiger partial charge on any atom is -0.497 e. The van der Waals surface area contributed by atoms with Crippen LogP contribution in [-0.4, -0.2) is 25.5 Å². The number of methoxy groups -OCH3 is 1. The van der Waals surface area contributed by atoms with Crippen LogP contribution >= 0.6 is 12.4 Å². The topological polar surface area (TPSA) is 93.5 Å². The van der Waals surface area contributed by atoms with E-state index in [1.165, 1.54) is 14.0 Å². The van der Waals surface area contributed by atoms with Gasteiger partial charge in [-0.1, -0.05) is 6.92 Å². The van der Waals surface area contributed by atoms with Crippen molar-refractivity contribution >= 4 is 35.6 Å². The number of nitrogens with one attached hydrogen (secondary N) is 2. The number of carbonyl (C=O) groups excluding carboxylic acids is 2. The largest absolute Gasteiger partial charge is 0.497 e. The summed E-state index contributed by atoms with van der Waals surface area (Å²) in [6.45, 7) is 3.39. The van der Waals surface area contributed by atoms with Crippen molar-refractivity contribution in [1.82, 2.24) is 0 Å². The van der Waals surface area contributed by atoms with Crippen molar-refractivity contribution in [2.75, 3.05) is 24.3 Å². The Hall–Kier alpha value is -1.79. The third kappa shape index (κ3) is 5.07. The number of anilines is 2. The van der Waals surface area contributed by atoms with Gasteiger partial charge in [0.2, 0.25) is 11.8 Å². The summed E-state index contributed by atoms with van der Waals surface area (Å²) in [5, 5.41) is 5.37. The zero-order chi connectivity index (χ0) is 14.4. The van der Waals surface area contributed by atoms with Gasteiger partial charge in [0, 0.05) is 25.5 Å². The summed E-state index contributed by atoms with van der Waals surface area (Å²) in [6.07, 6.45) is 0. The van der Waals surface area contributed by atoms with E-state index in [0.717, 1.165) is 0 Å². The van der Waals surface area contributed by atoms with Gasteiger partial charge in [-0.2, -0.15) is 0 Å². The van der Waals surface area contributed by atoms with Crippen molar-refractivity contribution in [2.24, 2.45) is 11.7 Å². The van der Waals surface area contributed by atoms with Crippen LogP contribution in [-0.2, 0) is 9.59 Å². The molecule has 0 bridgehead atoms. The van der Waals surface area contributed by atoms with Crippen LogP contribution in [0.2, 0.25) is 0 Å². The third-order valence-electron chi connectivity index (χ3n) is 2.60. The first-order valence-electron chi connectivity index (χ1n) is 5.94. The number of nitrogens with two attached hydrogens (primary N) is 1. The lowest BCUT2D eigenvalue weighted by molar-refractivity contribution is -0.119. The van der Waals surface area contributed by atoms with E-state index < -0.39 is 0 Å². The SMILES string of the molecule is COc1ccc(NC(C)=O)c(NC(=O)C(C)CN)c1.Cl. The Balaban J connectivity index is 0.00000361. The minimum atomic E-state index is -0.309. The highest BCUT2D eigenvalue weighted by Crippen LogP contribution is 2.27. The number of halogens is 1. The predicted molar refractivity (Wildman–Crippen MR) is 81.4 cm³/mol. The molecule has 0 spiro atoms. The number of hydrogen-bond acceptors (Lipinski definition) is 4. The molecule has 4 N–H and O–H groups in total. The second kappa shape index (κ2) is 8.39. The summed E-state index contributed by atoms with van der Waals surface area (Å²) in [5.41, 5.74) is 6.45. The average molecular weight is 302 g/mol. The van der Waals surface area contributed by atoms with E-state index in [0.29, 0.717) is 17.1 Å². The van der Waals surface area contributed by atoms with Gasteiger partial charge in [0.25, 0.3) is 0 Å². The van der Waals surface area contributed by atoms with Crippen molar-refractivity contribution < 1.29 is 14.3 Å². The third-order valence-corrected chi connectivity index (χ3v) is 2.60. The summed E-state index contributed by atoms with van der Waals surface area (Å²) in [7, 11) is 1.53. The maximum atomic E-state index is 11.8. The van der Waals surface area contributed by atoms with Crippen LogP contribution < -0.4 is 21.1 Å². The fourth-order valence-electron chi connectivity index (χ4n) is 1.42. The molecule has 0 aliphatic carbocycles. The quantitative estimate of drug-likeness (QED) is 0.770.